The van der Waals surface area contributed by atoms with E-state index in [0.29, 0.717) is 40.4 Å². The van der Waals surface area contributed by atoms with E-state index in [1.807, 2.05) is 6.20 Å². The predicted molar refractivity (Wildman–Crippen MR) is 144 cm³/mol. The average molecular weight is 491 g/mol. The molecule has 4 fully saturated rings. The van der Waals surface area contributed by atoms with Crippen molar-refractivity contribution in [1.82, 2.24) is 9.97 Å². The van der Waals surface area contributed by atoms with E-state index in [-0.39, 0.29) is 12.2 Å². The Bertz CT molecular complexity index is 1120. The van der Waals surface area contributed by atoms with Gasteiger partial charge in [0, 0.05) is 18.0 Å². The number of aryl methyl sites for hydroxylation is 2. The van der Waals surface area contributed by atoms with Crippen LogP contribution in [0.25, 0.3) is 10.9 Å². The first-order valence-corrected chi connectivity index (χ1v) is 14.8. The summed E-state index contributed by atoms with van der Waals surface area (Å²) in [6.07, 6.45) is 12.7. The standard InChI is InChI=1S/C32H46N2O2/c1-19-5-7-21-18-33-29(34-27(21)15-19)10-6-20(2)24-8-9-25-30-26(12-14-32(24,25)4)31(3)13-11-23(35)16-22(31)17-28(30)36/h5,7,15,18,20,22-26,28,30,35-36H,6,8-14,16-17H2,1-4H3/t20-,22+,23-,24-,25+,26?,28+,30+,31+,32-/m1/s1. The molecule has 1 aromatic heterocycles. The first-order valence-electron chi connectivity index (χ1n) is 14.8. The van der Waals surface area contributed by atoms with Crippen LogP contribution in [0.2, 0.25) is 0 Å². The Hall–Kier alpha value is -1.52. The van der Waals surface area contributed by atoms with Crippen LogP contribution in [0.3, 0.4) is 0 Å². The lowest BCUT2D eigenvalue weighted by Gasteiger charge is -2.62. The van der Waals surface area contributed by atoms with Crippen LogP contribution in [0.1, 0.15) is 89.9 Å². The summed E-state index contributed by atoms with van der Waals surface area (Å²) in [5, 5.41) is 22.9. The van der Waals surface area contributed by atoms with Crippen molar-refractivity contribution < 1.29 is 10.2 Å². The molecule has 10 atom stereocenters. The number of fused-ring (bicyclic) bond motifs is 6. The second-order valence-corrected chi connectivity index (χ2v) is 13.8. The van der Waals surface area contributed by atoms with E-state index in [1.165, 1.54) is 31.2 Å². The summed E-state index contributed by atoms with van der Waals surface area (Å²) in [6.45, 7) is 9.67. The van der Waals surface area contributed by atoms with Crippen LogP contribution in [0.5, 0.6) is 0 Å². The summed E-state index contributed by atoms with van der Waals surface area (Å²) in [5.41, 5.74) is 2.95. The minimum Gasteiger partial charge on any atom is -0.393 e. The summed E-state index contributed by atoms with van der Waals surface area (Å²) in [7, 11) is 0. The Morgan fingerprint density at radius 3 is 2.61 bits per heavy atom. The van der Waals surface area contributed by atoms with E-state index in [1.54, 1.807) is 0 Å². The first-order chi connectivity index (χ1) is 17.2. The number of hydrogen-bond acceptors (Lipinski definition) is 4. The van der Waals surface area contributed by atoms with Crippen LogP contribution in [0, 0.1) is 53.3 Å². The van der Waals surface area contributed by atoms with Crippen molar-refractivity contribution in [3.63, 3.8) is 0 Å². The first kappa shape index (κ1) is 24.8. The maximum atomic E-state index is 11.5. The van der Waals surface area contributed by atoms with Gasteiger partial charge in [-0.2, -0.15) is 0 Å². The van der Waals surface area contributed by atoms with Crippen LogP contribution in [0.4, 0.5) is 0 Å². The molecule has 4 aliphatic carbocycles. The van der Waals surface area contributed by atoms with Crippen LogP contribution >= 0.6 is 0 Å². The topological polar surface area (TPSA) is 66.2 Å². The Kier molecular flexibility index (Phi) is 6.23. The van der Waals surface area contributed by atoms with Crippen molar-refractivity contribution in [3.8, 4) is 0 Å². The highest BCUT2D eigenvalue weighted by molar-refractivity contribution is 5.78. The molecule has 0 amide bonds. The molecular weight excluding hydrogens is 444 g/mol. The molecule has 6 rings (SSSR count). The van der Waals surface area contributed by atoms with Gasteiger partial charge in [0.15, 0.2) is 0 Å². The quantitative estimate of drug-likeness (QED) is 0.513. The maximum Gasteiger partial charge on any atom is 0.128 e. The van der Waals surface area contributed by atoms with Gasteiger partial charge in [-0.15, -0.1) is 0 Å². The SMILES string of the molecule is Cc1ccc2cnc(CC[C@@H](C)[C@H]3CC[C@H]4[C@H]5C(CC[C@]34C)[C@@]3(C)CC[C@@H](O)C[C@H]3C[C@@H]5O)nc2c1. The van der Waals surface area contributed by atoms with E-state index in [9.17, 15) is 10.2 Å². The van der Waals surface area contributed by atoms with Crippen LogP contribution in [-0.2, 0) is 6.42 Å². The summed E-state index contributed by atoms with van der Waals surface area (Å²) in [4.78, 5) is 9.57. The highest BCUT2D eigenvalue weighted by atomic mass is 16.3. The number of nitrogens with zero attached hydrogens (tertiary/aromatic N) is 2. The third-order valence-electron chi connectivity index (χ3n) is 12.0. The number of hydrogen-bond donors (Lipinski definition) is 2. The smallest absolute Gasteiger partial charge is 0.128 e. The molecule has 2 N–H and O–H groups in total. The van der Waals surface area contributed by atoms with Gasteiger partial charge in [0.25, 0.3) is 0 Å². The molecule has 0 radical (unpaired) electrons. The zero-order chi connectivity index (χ0) is 25.2. The zero-order valence-corrected chi connectivity index (χ0v) is 22.8. The molecule has 4 nitrogen and oxygen atoms in total. The van der Waals surface area contributed by atoms with Gasteiger partial charge in [-0.05, 0) is 123 Å². The third kappa shape index (κ3) is 3.93. The highest BCUT2D eigenvalue weighted by Gasteiger charge is 2.62. The third-order valence-corrected chi connectivity index (χ3v) is 12.0. The van der Waals surface area contributed by atoms with E-state index >= 15 is 0 Å². The molecule has 0 saturated heterocycles. The van der Waals surface area contributed by atoms with Gasteiger partial charge in [-0.1, -0.05) is 32.9 Å². The summed E-state index contributed by atoms with van der Waals surface area (Å²) in [6, 6.07) is 6.41. The molecule has 36 heavy (non-hydrogen) atoms. The molecule has 1 aromatic carbocycles. The number of benzene rings is 1. The Balaban J connectivity index is 1.17. The lowest BCUT2D eigenvalue weighted by molar-refractivity contribution is -0.174. The number of aliphatic hydroxyl groups excluding tert-OH is 2. The highest BCUT2D eigenvalue weighted by Crippen LogP contribution is 2.68. The maximum absolute atomic E-state index is 11.5. The van der Waals surface area contributed by atoms with Crippen molar-refractivity contribution in [2.45, 2.75) is 104 Å². The monoisotopic (exact) mass is 490 g/mol. The molecule has 1 heterocycles. The lowest BCUT2D eigenvalue weighted by atomic mass is 9.43. The zero-order valence-electron chi connectivity index (χ0n) is 22.8. The predicted octanol–water partition coefficient (Wildman–Crippen LogP) is 6.50. The number of aliphatic hydroxyl groups is 2. The number of aromatic nitrogens is 2. The molecule has 2 aromatic rings. The molecule has 0 aliphatic heterocycles. The lowest BCUT2D eigenvalue weighted by Crippen LogP contribution is -2.58. The van der Waals surface area contributed by atoms with Gasteiger partial charge in [-0.3, -0.25) is 0 Å². The summed E-state index contributed by atoms with van der Waals surface area (Å²) in [5.74, 6) is 4.54. The second kappa shape index (κ2) is 9.05. The molecule has 4 heteroatoms. The van der Waals surface area contributed by atoms with E-state index in [2.05, 4.69) is 50.9 Å². The van der Waals surface area contributed by atoms with Gasteiger partial charge < -0.3 is 10.2 Å². The fourth-order valence-corrected chi connectivity index (χ4v) is 10.0. The van der Waals surface area contributed by atoms with E-state index in [4.69, 9.17) is 4.98 Å². The minimum absolute atomic E-state index is 0.159. The molecule has 4 aliphatic rings. The summed E-state index contributed by atoms with van der Waals surface area (Å²) >= 11 is 0. The van der Waals surface area contributed by atoms with Gasteiger partial charge >= 0.3 is 0 Å². The van der Waals surface area contributed by atoms with E-state index in [0.717, 1.165) is 61.2 Å². The largest absolute Gasteiger partial charge is 0.393 e. The van der Waals surface area contributed by atoms with Crippen molar-refractivity contribution in [2.75, 3.05) is 0 Å². The van der Waals surface area contributed by atoms with Gasteiger partial charge in [-0.25, -0.2) is 9.97 Å². The fraction of sp³-hybridized carbons (Fsp3) is 0.750. The average Bonchev–Trinajstić information content (AvgIpc) is 3.20. The molecule has 1 unspecified atom stereocenters. The van der Waals surface area contributed by atoms with Crippen molar-refractivity contribution in [3.05, 3.63) is 35.8 Å². The normalized spacial score (nSPS) is 43.0. The number of rotatable bonds is 4. The van der Waals surface area contributed by atoms with Gasteiger partial charge in [0.2, 0.25) is 0 Å². The Morgan fingerprint density at radius 2 is 1.78 bits per heavy atom. The molecule has 196 valence electrons. The van der Waals surface area contributed by atoms with Crippen molar-refractivity contribution >= 4 is 10.9 Å². The van der Waals surface area contributed by atoms with Crippen molar-refractivity contribution in [1.29, 1.82) is 0 Å². The van der Waals surface area contributed by atoms with Crippen LogP contribution in [0.15, 0.2) is 24.4 Å². The molecule has 0 spiro atoms. The molecule has 4 saturated carbocycles. The van der Waals surface area contributed by atoms with Gasteiger partial charge in [0.05, 0.1) is 17.7 Å². The van der Waals surface area contributed by atoms with Gasteiger partial charge in [0.1, 0.15) is 5.82 Å². The molecule has 0 bridgehead atoms. The molecular formula is C32H46N2O2. The van der Waals surface area contributed by atoms with Crippen LogP contribution < -0.4 is 0 Å². The van der Waals surface area contributed by atoms with E-state index < -0.39 is 0 Å². The summed E-state index contributed by atoms with van der Waals surface area (Å²) < 4.78 is 0. The van der Waals surface area contributed by atoms with Crippen molar-refractivity contribution in [2.24, 2.45) is 46.3 Å². The Morgan fingerprint density at radius 1 is 1.00 bits per heavy atom. The minimum atomic E-state index is -0.188. The Labute approximate surface area is 217 Å². The fourth-order valence-electron chi connectivity index (χ4n) is 10.0. The second-order valence-electron chi connectivity index (χ2n) is 13.8. The van der Waals surface area contributed by atoms with Crippen LogP contribution in [-0.4, -0.2) is 32.4 Å².